The first-order valence-electron chi connectivity index (χ1n) is 6.71. The molecule has 1 aliphatic carbocycles. The van der Waals surface area contributed by atoms with Crippen molar-refractivity contribution in [3.05, 3.63) is 35.1 Å². The summed E-state index contributed by atoms with van der Waals surface area (Å²) in [6.45, 7) is 0. The van der Waals surface area contributed by atoms with Gasteiger partial charge in [-0.3, -0.25) is 10.1 Å². The van der Waals surface area contributed by atoms with Crippen LogP contribution in [0.4, 0.5) is 17.6 Å². The second-order valence-corrected chi connectivity index (χ2v) is 5.22. The molecule has 1 fully saturated rings. The number of nitrogens with one attached hydrogen (secondary N) is 1. The Morgan fingerprint density at radius 3 is 2.43 bits per heavy atom. The second kappa shape index (κ2) is 6.01. The largest absolute Gasteiger partial charge is 0.419 e. The van der Waals surface area contributed by atoms with E-state index >= 15 is 0 Å². The summed E-state index contributed by atoms with van der Waals surface area (Å²) in [6, 6.07) is 1.51. The van der Waals surface area contributed by atoms with Crippen LogP contribution in [0.15, 0.2) is 18.2 Å². The highest BCUT2D eigenvalue weighted by Gasteiger charge is 2.35. The van der Waals surface area contributed by atoms with Crippen LogP contribution < -0.4 is 11.1 Å². The number of primary amides is 1. The third kappa shape index (κ3) is 3.72. The third-order valence-corrected chi connectivity index (χ3v) is 3.67. The lowest BCUT2D eigenvalue weighted by Crippen LogP contribution is -2.39. The molecule has 0 radical (unpaired) electrons. The number of nitrogens with two attached hydrogens (primary N) is 1. The van der Waals surface area contributed by atoms with E-state index in [9.17, 15) is 22.4 Å². The Labute approximate surface area is 119 Å². The van der Waals surface area contributed by atoms with Crippen LogP contribution in [0.25, 0.3) is 0 Å². The molecular weight excluding hydrogens is 288 g/mol. The Bertz CT molecular complexity index is 524. The van der Waals surface area contributed by atoms with Crippen LogP contribution in [-0.2, 0) is 11.0 Å². The summed E-state index contributed by atoms with van der Waals surface area (Å²) >= 11 is 0. The fraction of sp³-hybridized carbons (Fsp3) is 0.500. The molecule has 0 aromatic heterocycles. The maximum Gasteiger partial charge on any atom is 0.419 e. The summed E-state index contributed by atoms with van der Waals surface area (Å²) in [4.78, 5) is 11.5. The molecule has 0 heterocycles. The van der Waals surface area contributed by atoms with Gasteiger partial charge >= 0.3 is 6.18 Å². The van der Waals surface area contributed by atoms with Crippen molar-refractivity contribution in [2.24, 2.45) is 5.73 Å². The van der Waals surface area contributed by atoms with Gasteiger partial charge in [0.25, 0.3) is 0 Å². The summed E-state index contributed by atoms with van der Waals surface area (Å²) in [5.74, 6) is -2.14. The van der Waals surface area contributed by atoms with E-state index in [-0.39, 0.29) is 11.6 Å². The monoisotopic (exact) mass is 304 g/mol. The molecule has 1 unspecified atom stereocenters. The first-order chi connectivity index (χ1) is 9.79. The van der Waals surface area contributed by atoms with Gasteiger partial charge in [0, 0.05) is 6.04 Å². The lowest BCUT2D eigenvalue weighted by atomic mass is 10.0. The zero-order chi connectivity index (χ0) is 15.6. The summed E-state index contributed by atoms with van der Waals surface area (Å²) in [5.41, 5.74) is 3.91. The maximum atomic E-state index is 13.3. The van der Waals surface area contributed by atoms with E-state index in [4.69, 9.17) is 5.73 Å². The Kier molecular flexibility index (Phi) is 4.51. The molecule has 0 bridgehead atoms. The van der Waals surface area contributed by atoms with E-state index in [2.05, 4.69) is 5.32 Å². The van der Waals surface area contributed by atoms with Gasteiger partial charge in [0.1, 0.15) is 11.9 Å². The predicted octanol–water partition coefficient (Wildman–Crippen LogP) is 2.90. The molecule has 1 aromatic rings. The lowest BCUT2D eigenvalue weighted by molar-refractivity contribution is -0.140. The molecule has 0 saturated heterocycles. The SMILES string of the molecule is NC(=O)C(NC1CCCC1)c1ccc(F)c(C(F)(F)F)c1. The highest BCUT2D eigenvalue weighted by molar-refractivity contribution is 5.81. The zero-order valence-electron chi connectivity index (χ0n) is 11.2. The van der Waals surface area contributed by atoms with Crippen LogP contribution in [0.1, 0.15) is 42.9 Å². The minimum Gasteiger partial charge on any atom is -0.368 e. The molecule has 0 spiro atoms. The van der Waals surface area contributed by atoms with Crippen LogP contribution >= 0.6 is 0 Å². The van der Waals surface area contributed by atoms with Gasteiger partial charge in [0.2, 0.25) is 5.91 Å². The molecule has 1 aliphatic rings. The number of alkyl halides is 3. The quantitative estimate of drug-likeness (QED) is 0.840. The second-order valence-electron chi connectivity index (χ2n) is 5.22. The fourth-order valence-corrected chi connectivity index (χ4v) is 2.61. The number of hydrogen-bond acceptors (Lipinski definition) is 2. The average molecular weight is 304 g/mol. The van der Waals surface area contributed by atoms with Crippen molar-refractivity contribution in [2.45, 2.75) is 43.9 Å². The zero-order valence-corrected chi connectivity index (χ0v) is 11.2. The molecule has 1 atom stereocenters. The van der Waals surface area contributed by atoms with Gasteiger partial charge < -0.3 is 5.73 Å². The van der Waals surface area contributed by atoms with Crippen LogP contribution in [0.2, 0.25) is 0 Å². The van der Waals surface area contributed by atoms with Gasteiger partial charge in [-0.05, 0) is 30.5 Å². The summed E-state index contributed by atoms with van der Waals surface area (Å²) < 4.78 is 51.4. The molecule has 3 N–H and O–H groups in total. The van der Waals surface area contributed by atoms with Gasteiger partial charge in [0.05, 0.1) is 5.56 Å². The molecule has 1 aromatic carbocycles. The maximum absolute atomic E-state index is 13.3. The van der Waals surface area contributed by atoms with Crippen LogP contribution in [-0.4, -0.2) is 11.9 Å². The van der Waals surface area contributed by atoms with E-state index in [0.717, 1.165) is 31.7 Å². The Morgan fingerprint density at radius 2 is 1.90 bits per heavy atom. The van der Waals surface area contributed by atoms with Crippen molar-refractivity contribution < 1.29 is 22.4 Å². The molecule has 116 valence electrons. The smallest absolute Gasteiger partial charge is 0.368 e. The van der Waals surface area contributed by atoms with Crippen molar-refractivity contribution in [2.75, 3.05) is 0 Å². The van der Waals surface area contributed by atoms with E-state index in [1.165, 1.54) is 0 Å². The molecular formula is C14H16F4N2O. The summed E-state index contributed by atoms with van der Waals surface area (Å²) in [5, 5.41) is 2.97. The minimum atomic E-state index is -4.81. The first-order valence-corrected chi connectivity index (χ1v) is 6.71. The Hall–Kier alpha value is -1.63. The van der Waals surface area contributed by atoms with Crippen molar-refractivity contribution in [3.8, 4) is 0 Å². The average Bonchev–Trinajstić information content (AvgIpc) is 2.88. The normalized spacial score (nSPS) is 17.9. The molecule has 7 heteroatoms. The molecule has 21 heavy (non-hydrogen) atoms. The Balaban J connectivity index is 2.29. The molecule has 1 amide bonds. The number of rotatable bonds is 4. The highest BCUT2D eigenvalue weighted by Crippen LogP contribution is 2.33. The van der Waals surface area contributed by atoms with Crippen LogP contribution in [0.5, 0.6) is 0 Å². The van der Waals surface area contributed by atoms with E-state index in [1.807, 2.05) is 0 Å². The number of carbonyl (C=O) groups is 1. The number of benzene rings is 1. The molecule has 0 aliphatic heterocycles. The van der Waals surface area contributed by atoms with E-state index in [1.54, 1.807) is 0 Å². The molecule has 2 rings (SSSR count). The summed E-state index contributed by atoms with van der Waals surface area (Å²) in [7, 11) is 0. The van der Waals surface area contributed by atoms with Gasteiger partial charge in [-0.2, -0.15) is 13.2 Å². The first kappa shape index (κ1) is 15.8. The van der Waals surface area contributed by atoms with Crippen LogP contribution in [0, 0.1) is 5.82 Å². The van der Waals surface area contributed by atoms with E-state index < -0.39 is 29.5 Å². The number of halogens is 4. The molecule has 3 nitrogen and oxygen atoms in total. The highest BCUT2D eigenvalue weighted by atomic mass is 19.4. The minimum absolute atomic E-state index is 0.0307. The van der Waals surface area contributed by atoms with Crippen LogP contribution in [0.3, 0.4) is 0 Å². The van der Waals surface area contributed by atoms with Gasteiger partial charge in [-0.25, -0.2) is 4.39 Å². The van der Waals surface area contributed by atoms with E-state index in [0.29, 0.717) is 12.1 Å². The van der Waals surface area contributed by atoms with Crippen molar-refractivity contribution in [1.82, 2.24) is 5.32 Å². The third-order valence-electron chi connectivity index (χ3n) is 3.67. The van der Waals surface area contributed by atoms with Crippen molar-refractivity contribution >= 4 is 5.91 Å². The van der Waals surface area contributed by atoms with Gasteiger partial charge in [-0.15, -0.1) is 0 Å². The summed E-state index contributed by atoms with van der Waals surface area (Å²) in [6.07, 6.45) is -1.12. The predicted molar refractivity (Wildman–Crippen MR) is 68.7 cm³/mol. The number of carbonyl (C=O) groups excluding carboxylic acids is 1. The molecule has 1 saturated carbocycles. The number of amides is 1. The van der Waals surface area contributed by atoms with Crippen molar-refractivity contribution in [3.63, 3.8) is 0 Å². The number of hydrogen-bond donors (Lipinski definition) is 2. The topological polar surface area (TPSA) is 55.1 Å². The Morgan fingerprint density at radius 1 is 1.29 bits per heavy atom. The lowest BCUT2D eigenvalue weighted by Gasteiger charge is -2.21. The van der Waals surface area contributed by atoms with Gasteiger partial charge in [-0.1, -0.05) is 18.9 Å². The standard InChI is InChI=1S/C14H16F4N2O/c15-11-6-5-8(7-10(11)14(16,17)18)12(13(19)21)20-9-3-1-2-4-9/h5-7,9,12,20H,1-4H2,(H2,19,21). The van der Waals surface area contributed by atoms with Gasteiger partial charge in [0.15, 0.2) is 0 Å². The van der Waals surface area contributed by atoms with Crippen molar-refractivity contribution in [1.29, 1.82) is 0 Å². The fourth-order valence-electron chi connectivity index (χ4n) is 2.61.